The van der Waals surface area contributed by atoms with E-state index in [2.05, 4.69) is 40.2 Å². The van der Waals surface area contributed by atoms with E-state index >= 15 is 0 Å². The maximum absolute atomic E-state index is 11.2. The molecule has 0 aliphatic rings. The van der Waals surface area contributed by atoms with Crippen LogP contribution in [0.5, 0.6) is 0 Å². The molecule has 0 unspecified atom stereocenters. The van der Waals surface area contributed by atoms with Gasteiger partial charge in [0.25, 0.3) is 0 Å². The van der Waals surface area contributed by atoms with E-state index in [0.29, 0.717) is 6.42 Å². The molecule has 0 atom stereocenters. The number of nitrogens with one attached hydrogen (secondary N) is 3. The van der Waals surface area contributed by atoms with E-state index in [9.17, 15) is 4.79 Å². The van der Waals surface area contributed by atoms with Crippen LogP contribution in [0.1, 0.15) is 24.8 Å². The van der Waals surface area contributed by atoms with E-state index in [1.54, 1.807) is 7.05 Å². The zero-order valence-electron chi connectivity index (χ0n) is 10.6. The Kier molecular flexibility index (Phi) is 4.36. The van der Waals surface area contributed by atoms with Crippen molar-refractivity contribution >= 4 is 16.8 Å². The Labute approximate surface area is 107 Å². The molecule has 2 rings (SSSR count). The van der Waals surface area contributed by atoms with Crippen molar-refractivity contribution in [2.45, 2.75) is 25.7 Å². The Bertz CT molecular complexity index is 518. The number of carbonyl (C=O) groups excluding carboxylic acids is 1. The third-order valence-corrected chi connectivity index (χ3v) is 3.04. The highest BCUT2D eigenvalue weighted by Gasteiger charge is 2.03. The average molecular weight is 245 g/mol. The van der Waals surface area contributed by atoms with Crippen molar-refractivity contribution < 1.29 is 4.79 Å². The molecule has 0 aliphatic carbocycles. The number of aromatic nitrogens is 1. The third-order valence-electron chi connectivity index (χ3n) is 3.04. The number of H-pyrrole nitrogens is 1. The quantitative estimate of drug-likeness (QED) is 0.539. The average Bonchev–Trinajstić information content (AvgIpc) is 2.78. The van der Waals surface area contributed by atoms with Gasteiger partial charge in [-0.2, -0.15) is 0 Å². The molecular weight excluding hydrogens is 226 g/mol. The lowest BCUT2D eigenvalue weighted by Gasteiger charge is -2.02. The minimum Gasteiger partial charge on any atom is -0.361 e. The molecule has 4 heteroatoms. The van der Waals surface area contributed by atoms with Gasteiger partial charge in [-0.05, 0) is 30.9 Å². The summed E-state index contributed by atoms with van der Waals surface area (Å²) in [6.07, 6.45) is 5.59. The standard InChI is InChI=1S/C14H19N3O/c1-15-17-14(18)9-5-2-6-11-10-16-13-8-4-3-7-12(11)13/h3-4,7-8,10,15-16H,2,5-6,9H2,1H3,(H,17,18). The SMILES string of the molecule is CNNC(=O)CCCCc1c[nH]c2ccccc12. The highest BCUT2D eigenvalue weighted by molar-refractivity contribution is 5.83. The van der Waals surface area contributed by atoms with Crippen LogP contribution < -0.4 is 10.9 Å². The Hall–Kier alpha value is -1.81. The Morgan fingerprint density at radius 3 is 2.94 bits per heavy atom. The van der Waals surface area contributed by atoms with E-state index < -0.39 is 0 Å². The van der Waals surface area contributed by atoms with Gasteiger partial charge in [-0.25, -0.2) is 5.43 Å². The van der Waals surface area contributed by atoms with Gasteiger partial charge in [0.2, 0.25) is 5.91 Å². The number of carbonyl (C=O) groups is 1. The van der Waals surface area contributed by atoms with Crippen LogP contribution >= 0.6 is 0 Å². The second-order valence-electron chi connectivity index (χ2n) is 4.36. The molecule has 4 nitrogen and oxygen atoms in total. The first kappa shape index (κ1) is 12.6. The van der Waals surface area contributed by atoms with Crippen LogP contribution in [0.2, 0.25) is 0 Å². The third kappa shape index (κ3) is 3.11. The van der Waals surface area contributed by atoms with Gasteiger partial charge >= 0.3 is 0 Å². The summed E-state index contributed by atoms with van der Waals surface area (Å²) < 4.78 is 0. The maximum atomic E-state index is 11.2. The second kappa shape index (κ2) is 6.21. The van der Waals surface area contributed by atoms with E-state index in [0.717, 1.165) is 19.3 Å². The Balaban J connectivity index is 1.82. The van der Waals surface area contributed by atoms with Crippen LogP contribution in [-0.4, -0.2) is 17.9 Å². The molecule has 96 valence electrons. The number of amides is 1. The fraction of sp³-hybridized carbons (Fsp3) is 0.357. The number of aryl methyl sites for hydroxylation is 1. The first-order valence-corrected chi connectivity index (χ1v) is 6.32. The van der Waals surface area contributed by atoms with Gasteiger partial charge in [0, 0.05) is 30.6 Å². The second-order valence-corrected chi connectivity index (χ2v) is 4.36. The number of rotatable bonds is 6. The van der Waals surface area contributed by atoms with Gasteiger partial charge in [-0.3, -0.25) is 10.2 Å². The minimum absolute atomic E-state index is 0.0522. The van der Waals surface area contributed by atoms with Crippen LogP contribution in [0, 0.1) is 0 Å². The van der Waals surface area contributed by atoms with Crippen molar-refractivity contribution in [2.24, 2.45) is 0 Å². The minimum atomic E-state index is 0.0522. The fourth-order valence-corrected chi connectivity index (χ4v) is 2.14. The molecule has 1 heterocycles. The van der Waals surface area contributed by atoms with Gasteiger partial charge in [0.05, 0.1) is 0 Å². The lowest BCUT2D eigenvalue weighted by molar-refractivity contribution is -0.122. The highest BCUT2D eigenvalue weighted by atomic mass is 16.2. The smallest absolute Gasteiger partial charge is 0.234 e. The summed E-state index contributed by atoms with van der Waals surface area (Å²) in [5, 5.41) is 1.29. The molecule has 18 heavy (non-hydrogen) atoms. The molecule has 3 N–H and O–H groups in total. The van der Waals surface area contributed by atoms with Crippen molar-refractivity contribution in [2.75, 3.05) is 7.05 Å². The lowest BCUT2D eigenvalue weighted by Crippen LogP contribution is -2.33. The molecule has 0 radical (unpaired) electrons. The van der Waals surface area contributed by atoms with Crippen molar-refractivity contribution in [3.63, 3.8) is 0 Å². The van der Waals surface area contributed by atoms with Gasteiger partial charge < -0.3 is 4.98 Å². The lowest BCUT2D eigenvalue weighted by atomic mass is 10.1. The Morgan fingerprint density at radius 2 is 2.11 bits per heavy atom. The predicted molar refractivity (Wildman–Crippen MR) is 73.1 cm³/mol. The zero-order chi connectivity index (χ0) is 12.8. The monoisotopic (exact) mass is 245 g/mol. The van der Waals surface area contributed by atoms with E-state index in [1.165, 1.54) is 16.5 Å². The fourth-order valence-electron chi connectivity index (χ4n) is 2.14. The Morgan fingerprint density at radius 1 is 1.28 bits per heavy atom. The van der Waals surface area contributed by atoms with E-state index in [-0.39, 0.29) is 5.91 Å². The van der Waals surface area contributed by atoms with Crippen LogP contribution in [0.4, 0.5) is 0 Å². The van der Waals surface area contributed by atoms with Crippen molar-refractivity contribution in [1.29, 1.82) is 0 Å². The van der Waals surface area contributed by atoms with Gasteiger partial charge in [-0.15, -0.1) is 0 Å². The van der Waals surface area contributed by atoms with Gasteiger partial charge in [0.15, 0.2) is 0 Å². The molecule has 0 bridgehead atoms. The molecule has 2 aromatic rings. The van der Waals surface area contributed by atoms with Crippen molar-refractivity contribution in [1.82, 2.24) is 15.8 Å². The first-order chi connectivity index (χ1) is 8.81. The van der Waals surface area contributed by atoms with Gasteiger partial charge in [-0.1, -0.05) is 18.2 Å². The molecule has 1 aromatic heterocycles. The normalized spacial score (nSPS) is 10.7. The van der Waals surface area contributed by atoms with E-state index in [1.807, 2.05) is 6.07 Å². The molecule has 0 saturated carbocycles. The van der Waals surface area contributed by atoms with Crippen LogP contribution in [0.3, 0.4) is 0 Å². The number of hydrogen-bond donors (Lipinski definition) is 3. The van der Waals surface area contributed by atoms with Crippen LogP contribution in [0.15, 0.2) is 30.5 Å². The summed E-state index contributed by atoms with van der Waals surface area (Å²) in [4.78, 5) is 14.5. The summed E-state index contributed by atoms with van der Waals surface area (Å²) in [7, 11) is 1.70. The number of para-hydroxylation sites is 1. The summed E-state index contributed by atoms with van der Waals surface area (Å²) in [5.74, 6) is 0.0522. The number of benzene rings is 1. The highest BCUT2D eigenvalue weighted by Crippen LogP contribution is 2.19. The largest absolute Gasteiger partial charge is 0.361 e. The maximum Gasteiger partial charge on any atom is 0.234 e. The number of hydrogen-bond acceptors (Lipinski definition) is 2. The number of fused-ring (bicyclic) bond motifs is 1. The molecular formula is C14H19N3O. The zero-order valence-corrected chi connectivity index (χ0v) is 10.6. The number of unbranched alkanes of at least 4 members (excludes halogenated alkanes) is 1. The molecule has 0 aliphatic heterocycles. The van der Waals surface area contributed by atoms with Crippen molar-refractivity contribution in [3.8, 4) is 0 Å². The summed E-state index contributed by atoms with van der Waals surface area (Å²) >= 11 is 0. The topological polar surface area (TPSA) is 56.9 Å². The predicted octanol–water partition coefficient (Wildman–Crippen LogP) is 2.13. The molecule has 1 aromatic carbocycles. The van der Waals surface area contributed by atoms with Gasteiger partial charge in [0.1, 0.15) is 0 Å². The first-order valence-electron chi connectivity index (χ1n) is 6.32. The summed E-state index contributed by atoms with van der Waals surface area (Å²) in [6, 6.07) is 8.30. The molecule has 1 amide bonds. The summed E-state index contributed by atoms with van der Waals surface area (Å²) in [6.45, 7) is 0. The van der Waals surface area contributed by atoms with Crippen LogP contribution in [0.25, 0.3) is 10.9 Å². The number of hydrazine groups is 1. The molecule has 0 saturated heterocycles. The van der Waals surface area contributed by atoms with Crippen molar-refractivity contribution in [3.05, 3.63) is 36.0 Å². The van der Waals surface area contributed by atoms with E-state index in [4.69, 9.17) is 0 Å². The molecule has 0 spiro atoms. The van der Waals surface area contributed by atoms with Crippen LogP contribution in [-0.2, 0) is 11.2 Å². The number of aromatic amines is 1. The molecule has 0 fully saturated rings. The summed E-state index contributed by atoms with van der Waals surface area (Å²) in [5.41, 5.74) is 7.73.